The second kappa shape index (κ2) is 8.93. The molecule has 42 valence electrons. The zero-order valence-corrected chi connectivity index (χ0v) is 4.24. The second-order valence-electron chi connectivity index (χ2n) is 0.238. The van der Waals surface area contributed by atoms with Crippen molar-refractivity contribution in [3.05, 3.63) is 0 Å². The highest BCUT2D eigenvalue weighted by Crippen LogP contribution is 1.27. The second-order valence-corrected chi connectivity index (χ2v) is 0.714. The topological polar surface area (TPSA) is 54.4 Å². The van der Waals surface area contributed by atoms with Gasteiger partial charge in [0.1, 0.15) is 0 Å². The van der Waals surface area contributed by atoms with E-state index in [9.17, 15) is 0 Å². The third kappa shape index (κ3) is 2390. The van der Waals surface area contributed by atoms with Gasteiger partial charge < -0.3 is 0 Å². The quantitative estimate of drug-likeness (QED) is 0.355. The minimum absolute atomic E-state index is 0. The van der Waals surface area contributed by atoms with Gasteiger partial charge in [0.25, 0.3) is 11.0 Å². The number of halogens is 2. The van der Waals surface area contributed by atoms with Crippen molar-refractivity contribution in [3.63, 3.8) is 0 Å². The first kappa shape index (κ1) is 16.5. The van der Waals surface area contributed by atoms with Crippen molar-refractivity contribution in [2.24, 2.45) is 0 Å². The van der Waals surface area contributed by atoms with E-state index >= 15 is 0 Å². The van der Waals surface area contributed by atoms with Gasteiger partial charge in [-0.05, 0) is 0 Å². The van der Waals surface area contributed by atoms with Crippen molar-refractivity contribution in [3.8, 4) is 0 Å². The number of hydrogen-bond acceptors (Lipinski definition) is 2. The molecule has 6 heteroatoms. The van der Waals surface area contributed by atoms with Crippen molar-refractivity contribution >= 4 is 23.4 Å². The molecule has 1 N–H and O–H groups in total. The first-order chi connectivity index (χ1) is 1.73. The van der Waals surface area contributed by atoms with E-state index in [-0.39, 0.29) is 17.1 Å². The van der Waals surface area contributed by atoms with Crippen LogP contribution >= 0.6 is 12.4 Å². The molecular formula is H4ClFO3S. The summed E-state index contributed by atoms with van der Waals surface area (Å²) in [7, 11) is -3.12. The molecule has 0 aliphatic heterocycles. The van der Waals surface area contributed by atoms with Crippen LogP contribution in [0.4, 0.5) is 4.70 Å². The van der Waals surface area contributed by atoms with Crippen LogP contribution in [0.3, 0.4) is 0 Å². The van der Waals surface area contributed by atoms with Crippen LogP contribution in [0.15, 0.2) is 0 Å². The minimum atomic E-state index is -3.12. The molecule has 0 spiro atoms. The molecule has 0 aromatic carbocycles. The fraction of sp³-hybridized carbons (Fsp3) is 0. The Balaban J connectivity index is -0.0000000450. The molecule has 0 rings (SSSR count). The highest BCUT2D eigenvalue weighted by atomic mass is 35.5. The number of rotatable bonds is 0. The average Bonchev–Trinajstić information content (AvgIpc) is 0.811. The van der Waals surface area contributed by atoms with Crippen molar-refractivity contribution in [1.82, 2.24) is 0 Å². The summed E-state index contributed by atoms with van der Waals surface area (Å²) in [6.45, 7) is 0. The summed E-state index contributed by atoms with van der Waals surface area (Å²) >= 11 is 0. The molecule has 0 aromatic heterocycles. The Bertz CT molecular complexity index is 59.2. The molecule has 0 radical (unpaired) electrons. The fourth-order valence-electron chi connectivity index (χ4n) is 0. The van der Waals surface area contributed by atoms with E-state index in [1.54, 1.807) is 0 Å². The molecule has 0 bridgehead atoms. The van der Waals surface area contributed by atoms with Crippen molar-refractivity contribution in [2.45, 2.75) is 0 Å². The molecule has 0 amide bonds. The lowest BCUT2D eigenvalue weighted by atomic mass is 15.9. The van der Waals surface area contributed by atoms with Crippen LogP contribution < -0.4 is 0 Å². The van der Waals surface area contributed by atoms with Gasteiger partial charge in [-0.15, -0.1) is 12.4 Å². The van der Waals surface area contributed by atoms with Crippen molar-refractivity contribution < 1.29 is 17.7 Å². The Morgan fingerprint density at radius 3 is 1.33 bits per heavy atom. The Hall–Kier alpha value is 0.130. The third-order valence-corrected chi connectivity index (χ3v) is 0. The Morgan fingerprint density at radius 2 is 1.33 bits per heavy atom. The van der Waals surface area contributed by atoms with Gasteiger partial charge in [-0.2, -0.15) is 0 Å². The summed E-state index contributed by atoms with van der Waals surface area (Å²) in [4.78, 5) is 0. The minimum Gasteiger partial charge on any atom is -0.288 e. The maximum absolute atomic E-state index is 8.59. The lowest BCUT2D eigenvalue weighted by Gasteiger charge is -1.43. The summed E-state index contributed by atoms with van der Waals surface area (Å²) in [6.07, 6.45) is 0. The van der Waals surface area contributed by atoms with Gasteiger partial charge >= 0.3 is 0 Å². The smallest absolute Gasteiger partial charge is 0.254 e. The predicted octanol–water partition coefficient (Wildman–Crippen LogP) is -0.355. The molecule has 3 nitrogen and oxygen atoms in total. The van der Waals surface area contributed by atoms with E-state index in [2.05, 4.69) is 0 Å². The van der Waals surface area contributed by atoms with E-state index in [4.69, 9.17) is 13.0 Å². The average molecular weight is 139 g/mol. The van der Waals surface area contributed by atoms with Gasteiger partial charge in [0.2, 0.25) is 0 Å². The zero-order chi connectivity index (χ0) is 3.58. The third-order valence-electron chi connectivity index (χ3n) is 0. The zero-order valence-electron chi connectivity index (χ0n) is 2.53. The highest BCUT2D eigenvalue weighted by molar-refractivity contribution is 7.66. The van der Waals surface area contributed by atoms with Crippen LogP contribution in [0, 0.1) is 0 Å². The van der Waals surface area contributed by atoms with Crippen LogP contribution in [0.25, 0.3) is 0 Å². The molecule has 0 aliphatic rings. The lowest BCUT2D eigenvalue weighted by Crippen LogP contribution is -1.58. The molecule has 0 atom stereocenters. The maximum atomic E-state index is 8.59. The van der Waals surface area contributed by atoms with Gasteiger partial charge in [-0.3, -0.25) is 9.26 Å². The van der Waals surface area contributed by atoms with E-state index in [1.807, 2.05) is 0 Å². The molecule has 0 aliphatic carbocycles. The monoisotopic (exact) mass is 138 g/mol. The Kier molecular flexibility index (Phi) is 24.5. The molecule has 0 saturated carbocycles. The van der Waals surface area contributed by atoms with Crippen LogP contribution in [0.2, 0.25) is 0 Å². The normalized spacial score (nSPS) is 5.67. The molecule has 0 saturated heterocycles. The van der Waals surface area contributed by atoms with Crippen molar-refractivity contribution in [1.29, 1.82) is 0 Å². The number of thiol groups is 1. The van der Waals surface area contributed by atoms with Gasteiger partial charge in [-0.1, -0.05) is 0 Å². The van der Waals surface area contributed by atoms with E-state index < -0.39 is 11.0 Å². The van der Waals surface area contributed by atoms with E-state index in [1.165, 1.54) is 0 Å². The SMILES string of the molecule is Cl.F.O=[SH](=O)O. The molecule has 0 unspecified atom stereocenters. The summed E-state index contributed by atoms with van der Waals surface area (Å²) in [5.74, 6) is 0. The largest absolute Gasteiger partial charge is 0.288 e. The Morgan fingerprint density at radius 1 is 1.33 bits per heavy atom. The summed E-state index contributed by atoms with van der Waals surface area (Å²) in [5.41, 5.74) is 0. The molecule has 0 aromatic rings. The van der Waals surface area contributed by atoms with Crippen LogP contribution in [-0.4, -0.2) is 13.0 Å². The summed E-state index contributed by atoms with van der Waals surface area (Å²) < 4.78 is 24.2. The molecular weight excluding hydrogens is 135 g/mol. The van der Waals surface area contributed by atoms with Crippen LogP contribution in [0.1, 0.15) is 0 Å². The van der Waals surface area contributed by atoms with E-state index in [0.29, 0.717) is 0 Å². The summed E-state index contributed by atoms with van der Waals surface area (Å²) in [5, 5.41) is 0. The standard InChI is InChI=1S/ClH.FH.H2O3S/c;;1-4(2)3/h2*1H;4H,(H,1,2,3). The summed E-state index contributed by atoms with van der Waals surface area (Å²) in [6, 6.07) is 0. The number of hydrogen-bond donors (Lipinski definition) is 2. The first-order valence-electron chi connectivity index (χ1n) is 0.565. The maximum Gasteiger partial charge on any atom is 0.254 e. The van der Waals surface area contributed by atoms with Gasteiger partial charge in [0.15, 0.2) is 0 Å². The predicted molar refractivity (Wildman–Crippen MR) is 22.7 cm³/mol. The fourth-order valence-corrected chi connectivity index (χ4v) is 0. The van der Waals surface area contributed by atoms with Crippen LogP contribution in [0.5, 0.6) is 0 Å². The molecule has 0 fully saturated rings. The van der Waals surface area contributed by atoms with Crippen molar-refractivity contribution in [2.75, 3.05) is 0 Å². The van der Waals surface area contributed by atoms with Gasteiger partial charge in [-0.25, -0.2) is 8.42 Å². The molecule has 0 heterocycles. The van der Waals surface area contributed by atoms with Gasteiger partial charge in [0.05, 0.1) is 0 Å². The molecule has 6 heavy (non-hydrogen) atoms. The lowest BCUT2D eigenvalue weighted by molar-refractivity contribution is 0.509. The van der Waals surface area contributed by atoms with Crippen LogP contribution in [-0.2, 0) is 11.0 Å². The first-order valence-corrected chi connectivity index (χ1v) is 1.70. The van der Waals surface area contributed by atoms with Gasteiger partial charge in [0, 0.05) is 0 Å². The Labute approximate surface area is 41.9 Å². The highest BCUT2D eigenvalue weighted by Gasteiger charge is 1.44. The van der Waals surface area contributed by atoms with E-state index in [0.717, 1.165) is 0 Å².